The van der Waals surface area contributed by atoms with Crippen molar-refractivity contribution in [2.45, 2.75) is 12.8 Å². The lowest BCUT2D eigenvalue weighted by molar-refractivity contribution is 0.790. The standard InChI is InChI=1S/C13H16BrN/c1-3-6-15-9-11(8-14)12-7-10(2)4-5-13(12)15/h3-5,7,11H,1,6,8-9H2,2H3. The first-order valence-electron chi connectivity index (χ1n) is 5.28. The number of aryl methyl sites for hydroxylation is 1. The maximum absolute atomic E-state index is 3.81. The molecule has 0 radical (unpaired) electrons. The fourth-order valence-electron chi connectivity index (χ4n) is 2.21. The number of hydrogen-bond donors (Lipinski definition) is 0. The van der Waals surface area contributed by atoms with Crippen LogP contribution in [0.2, 0.25) is 0 Å². The van der Waals surface area contributed by atoms with Crippen LogP contribution in [0.4, 0.5) is 5.69 Å². The van der Waals surface area contributed by atoms with Crippen molar-refractivity contribution in [3.63, 3.8) is 0 Å². The van der Waals surface area contributed by atoms with Crippen LogP contribution in [0.5, 0.6) is 0 Å². The van der Waals surface area contributed by atoms with Gasteiger partial charge >= 0.3 is 0 Å². The van der Waals surface area contributed by atoms with Gasteiger partial charge in [-0.1, -0.05) is 39.7 Å². The molecule has 0 saturated carbocycles. The Bertz CT molecular complexity index is 373. The predicted octanol–water partition coefficient (Wildman–Crippen LogP) is 3.48. The van der Waals surface area contributed by atoms with Crippen LogP contribution >= 0.6 is 15.9 Å². The topological polar surface area (TPSA) is 3.24 Å². The molecule has 0 fully saturated rings. The van der Waals surface area contributed by atoms with Gasteiger partial charge in [0, 0.05) is 30.0 Å². The highest BCUT2D eigenvalue weighted by Gasteiger charge is 2.26. The third-order valence-corrected chi connectivity index (χ3v) is 3.72. The molecule has 0 aliphatic carbocycles. The second kappa shape index (κ2) is 4.40. The number of anilines is 1. The SMILES string of the molecule is C=CCN1CC(CBr)c2cc(C)ccc21. The van der Waals surface area contributed by atoms with Gasteiger partial charge in [-0.15, -0.1) is 6.58 Å². The average molecular weight is 266 g/mol. The van der Waals surface area contributed by atoms with Crippen LogP contribution in [0.15, 0.2) is 30.9 Å². The smallest absolute Gasteiger partial charge is 0.0405 e. The lowest BCUT2D eigenvalue weighted by Crippen LogP contribution is -2.21. The van der Waals surface area contributed by atoms with Gasteiger partial charge in [-0.25, -0.2) is 0 Å². The summed E-state index contributed by atoms with van der Waals surface area (Å²) < 4.78 is 0. The molecule has 0 saturated heterocycles. The summed E-state index contributed by atoms with van der Waals surface area (Å²) in [6, 6.07) is 6.73. The van der Waals surface area contributed by atoms with Crippen LogP contribution in [-0.4, -0.2) is 18.4 Å². The lowest BCUT2D eigenvalue weighted by atomic mass is 10.0. The Morgan fingerprint density at radius 3 is 3.07 bits per heavy atom. The molecule has 2 heteroatoms. The van der Waals surface area contributed by atoms with E-state index in [9.17, 15) is 0 Å². The molecule has 1 unspecified atom stereocenters. The first kappa shape index (κ1) is 10.7. The first-order chi connectivity index (χ1) is 7.26. The van der Waals surface area contributed by atoms with Gasteiger partial charge in [0.05, 0.1) is 0 Å². The molecule has 0 N–H and O–H groups in total. The third-order valence-electron chi connectivity index (χ3n) is 2.94. The van der Waals surface area contributed by atoms with Gasteiger partial charge in [-0.3, -0.25) is 0 Å². The van der Waals surface area contributed by atoms with Gasteiger partial charge in [-0.2, -0.15) is 0 Å². The summed E-state index contributed by atoms with van der Waals surface area (Å²) in [5, 5.41) is 1.04. The van der Waals surface area contributed by atoms with E-state index in [1.165, 1.54) is 16.8 Å². The van der Waals surface area contributed by atoms with Crippen LogP contribution in [0, 0.1) is 6.92 Å². The summed E-state index contributed by atoms with van der Waals surface area (Å²) >= 11 is 3.60. The fourth-order valence-corrected chi connectivity index (χ4v) is 2.77. The zero-order valence-corrected chi connectivity index (χ0v) is 10.6. The van der Waals surface area contributed by atoms with Crippen LogP contribution in [0.1, 0.15) is 17.0 Å². The first-order valence-corrected chi connectivity index (χ1v) is 6.40. The second-order valence-electron chi connectivity index (χ2n) is 4.11. The molecular formula is C13H16BrN. The molecule has 1 atom stereocenters. The molecule has 1 heterocycles. The van der Waals surface area contributed by atoms with E-state index < -0.39 is 0 Å². The Balaban J connectivity index is 2.38. The summed E-state index contributed by atoms with van der Waals surface area (Å²) in [6.07, 6.45) is 1.97. The molecule has 15 heavy (non-hydrogen) atoms. The van der Waals surface area contributed by atoms with Crippen LogP contribution < -0.4 is 4.90 Å². The normalized spacial score (nSPS) is 19.1. The van der Waals surface area contributed by atoms with E-state index >= 15 is 0 Å². The number of rotatable bonds is 3. The minimum Gasteiger partial charge on any atom is -0.367 e. The summed E-state index contributed by atoms with van der Waals surface area (Å²) in [5.41, 5.74) is 4.21. The molecular weight excluding hydrogens is 250 g/mol. The van der Waals surface area contributed by atoms with E-state index in [1.807, 2.05) is 6.08 Å². The van der Waals surface area contributed by atoms with Crippen molar-refractivity contribution in [2.24, 2.45) is 0 Å². The predicted molar refractivity (Wildman–Crippen MR) is 70.1 cm³/mol. The molecule has 2 rings (SSSR count). The van der Waals surface area contributed by atoms with E-state index in [0.717, 1.165) is 18.4 Å². The Hall–Kier alpha value is -0.760. The highest BCUT2D eigenvalue weighted by atomic mass is 79.9. The van der Waals surface area contributed by atoms with E-state index in [2.05, 4.69) is 52.5 Å². The van der Waals surface area contributed by atoms with Crippen molar-refractivity contribution in [2.75, 3.05) is 23.3 Å². The Labute approximate surface area is 99.9 Å². The monoisotopic (exact) mass is 265 g/mol. The molecule has 80 valence electrons. The molecule has 0 bridgehead atoms. The Kier molecular flexibility index (Phi) is 3.15. The largest absolute Gasteiger partial charge is 0.367 e. The Morgan fingerprint density at radius 1 is 1.60 bits per heavy atom. The van der Waals surface area contributed by atoms with Crippen molar-refractivity contribution in [3.05, 3.63) is 42.0 Å². The molecule has 1 aliphatic heterocycles. The highest BCUT2D eigenvalue weighted by Crippen LogP contribution is 2.37. The number of alkyl halides is 1. The summed E-state index contributed by atoms with van der Waals surface area (Å²) in [7, 11) is 0. The Morgan fingerprint density at radius 2 is 2.40 bits per heavy atom. The van der Waals surface area contributed by atoms with Crippen molar-refractivity contribution in [1.82, 2.24) is 0 Å². The zero-order chi connectivity index (χ0) is 10.8. The third kappa shape index (κ3) is 1.96. The van der Waals surface area contributed by atoms with E-state index in [4.69, 9.17) is 0 Å². The molecule has 1 aliphatic rings. The lowest BCUT2D eigenvalue weighted by Gasteiger charge is -2.17. The maximum atomic E-state index is 3.81. The van der Waals surface area contributed by atoms with Crippen LogP contribution in [0.25, 0.3) is 0 Å². The van der Waals surface area contributed by atoms with Crippen LogP contribution in [0.3, 0.4) is 0 Å². The van der Waals surface area contributed by atoms with Crippen molar-refractivity contribution in [3.8, 4) is 0 Å². The average Bonchev–Trinajstić information content (AvgIpc) is 2.56. The van der Waals surface area contributed by atoms with Gasteiger partial charge < -0.3 is 4.90 Å². The number of hydrogen-bond acceptors (Lipinski definition) is 1. The number of nitrogens with zero attached hydrogens (tertiary/aromatic N) is 1. The summed E-state index contributed by atoms with van der Waals surface area (Å²) in [5.74, 6) is 0.625. The number of benzene rings is 1. The maximum Gasteiger partial charge on any atom is 0.0405 e. The van der Waals surface area contributed by atoms with E-state index in [0.29, 0.717) is 5.92 Å². The minimum absolute atomic E-state index is 0.625. The van der Waals surface area contributed by atoms with Crippen molar-refractivity contribution < 1.29 is 0 Å². The number of fused-ring (bicyclic) bond motifs is 1. The van der Waals surface area contributed by atoms with Crippen LogP contribution in [-0.2, 0) is 0 Å². The van der Waals surface area contributed by atoms with Gasteiger partial charge in [-0.05, 0) is 18.6 Å². The quantitative estimate of drug-likeness (QED) is 0.598. The zero-order valence-electron chi connectivity index (χ0n) is 9.04. The number of halogens is 1. The van der Waals surface area contributed by atoms with Gasteiger partial charge in [0.1, 0.15) is 0 Å². The van der Waals surface area contributed by atoms with Gasteiger partial charge in [0.15, 0.2) is 0 Å². The molecule has 1 aromatic carbocycles. The van der Waals surface area contributed by atoms with E-state index in [1.54, 1.807) is 0 Å². The highest BCUT2D eigenvalue weighted by molar-refractivity contribution is 9.09. The molecule has 0 aromatic heterocycles. The molecule has 0 spiro atoms. The van der Waals surface area contributed by atoms with Gasteiger partial charge in [0.25, 0.3) is 0 Å². The molecule has 1 nitrogen and oxygen atoms in total. The van der Waals surface area contributed by atoms with Crippen molar-refractivity contribution >= 4 is 21.6 Å². The molecule has 0 amide bonds. The molecule has 1 aromatic rings. The second-order valence-corrected chi connectivity index (χ2v) is 4.75. The fraction of sp³-hybridized carbons (Fsp3) is 0.385. The van der Waals surface area contributed by atoms with Gasteiger partial charge in [0.2, 0.25) is 0 Å². The van der Waals surface area contributed by atoms with Crippen molar-refractivity contribution in [1.29, 1.82) is 0 Å². The summed E-state index contributed by atoms with van der Waals surface area (Å²) in [4.78, 5) is 2.40. The summed E-state index contributed by atoms with van der Waals surface area (Å²) in [6.45, 7) is 8.02. The minimum atomic E-state index is 0.625. The van der Waals surface area contributed by atoms with E-state index in [-0.39, 0.29) is 0 Å².